The molecule has 156 valence electrons. The van der Waals surface area contributed by atoms with Crippen molar-refractivity contribution in [2.45, 2.75) is 23.9 Å². The number of hydrogen-bond donors (Lipinski definition) is 1. The maximum atomic E-state index is 13.2. The molecular weight excluding hydrogens is 411 g/mol. The molecule has 5 nitrogen and oxygen atoms in total. The number of benzene rings is 3. The van der Waals surface area contributed by atoms with Crippen LogP contribution in [0.1, 0.15) is 22.2 Å². The topological polar surface area (TPSA) is 59.8 Å². The van der Waals surface area contributed by atoms with E-state index in [1.54, 1.807) is 12.1 Å². The summed E-state index contributed by atoms with van der Waals surface area (Å²) < 4.78 is 15.2. The number of hydrogen-bond acceptors (Lipinski definition) is 4. The van der Waals surface area contributed by atoms with Crippen LogP contribution in [0.2, 0.25) is 0 Å². The van der Waals surface area contributed by atoms with Gasteiger partial charge in [-0.25, -0.2) is 4.39 Å². The predicted molar refractivity (Wildman–Crippen MR) is 120 cm³/mol. The minimum absolute atomic E-state index is 0.213. The average Bonchev–Trinajstić information content (AvgIpc) is 3.14. The zero-order valence-electron chi connectivity index (χ0n) is 16.9. The number of halogens is 1. The highest BCUT2D eigenvalue weighted by molar-refractivity contribution is 8.00. The van der Waals surface area contributed by atoms with E-state index in [0.29, 0.717) is 17.4 Å². The number of aryl methyl sites for hydroxylation is 1. The Morgan fingerprint density at radius 2 is 1.61 bits per heavy atom. The first-order chi connectivity index (χ1) is 15.1. The van der Waals surface area contributed by atoms with Crippen LogP contribution in [0.4, 0.5) is 10.1 Å². The van der Waals surface area contributed by atoms with Gasteiger partial charge in [0.25, 0.3) is 0 Å². The lowest BCUT2D eigenvalue weighted by Crippen LogP contribution is -2.19. The summed E-state index contributed by atoms with van der Waals surface area (Å²) in [6, 6.07) is 25.3. The van der Waals surface area contributed by atoms with Crippen LogP contribution < -0.4 is 5.32 Å². The Bertz CT molecular complexity index is 1150. The zero-order chi connectivity index (χ0) is 21.6. The highest BCUT2D eigenvalue weighted by Crippen LogP contribution is 2.36. The monoisotopic (exact) mass is 432 g/mol. The van der Waals surface area contributed by atoms with Gasteiger partial charge < -0.3 is 9.88 Å². The molecule has 0 fully saturated rings. The number of nitrogens with zero attached hydrogens (tertiary/aromatic N) is 3. The molecule has 0 aliphatic carbocycles. The van der Waals surface area contributed by atoms with Crippen molar-refractivity contribution in [2.24, 2.45) is 0 Å². The van der Waals surface area contributed by atoms with Gasteiger partial charge in [-0.2, -0.15) is 0 Å². The molecule has 1 amide bonds. The fourth-order valence-electron chi connectivity index (χ4n) is 3.14. The first kappa shape index (κ1) is 20.8. The van der Waals surface area contributed by atoms with Crippen molar-refractivity contribution in [1.82, 2.24) is 14.8 Å². The van der Waals surface area contributed by atoms with E-state index < -0.39 is 5.25 Å². The van der Waals surface area contributed by atoms with Crippen LogP contribution in [-0.4, -0.2) is 20.7 Å². The molecule has 1 aromatic heterocycles. The Kier molecular flexibility index (Phi) is 6.43. The third-order valence-corrected chi connectivity index (χ3v) is 6.00. The van der Waals surface area contributed by atoms with E-state index in [1.165, 1.54) is 23.9 Å². The minimum Gasteiger partial charge on any atom is -0.325 e. The van der Waals surface area contributed by atoms with Crippen molar-refractivity contribution in [3.05, 3.63) is 108 Å². The Hall–Kier alpha value is -3.45. The standard InChI is InChI=1S/C24H21FN4OS/c1-17-27-28-24(29(17)16-18-8-4-2-5-9-18)31-22(19-10-6-3-7-11-19)23(30)26-21-14-12-20(25)13-15-21/h2-15,22H,16H2,1H3,(H,26,30)/t22-/m1/s1. The lowest BCUT2D eigenvalue weighted by Gasteiger charge is -2.17. The largest absolute Gasteiger partial charge is 0.325 e. The number of aromatic nitrogens is 3. The van der Waals surface area contributed by atoms with E-state index in [2.05, 4.69) is 15.5 Å². The third-order valence-electron chi connectivity index (χ3n) is 4.76. The van der Waals surface area contributed by atoms with Gasteiger partial charge in [0.2, 0.25) is 5.91 Å². The zero-order valence-corrected chi connectivity index (χ0v) is 17.7. The second-order valence-corrected chi connectivity index (χ2v) is 8.08. The number of rotatable bonds is 7. The number of nitrogens with one attached hydrogen (secondary N) is 1. The van der Waals surface area contributed by atoms with Crippen molar-refractivity contribution in [2.75, 3.05) is 5.32 Å². The molecule has 0 radical (unpaired) electrons. The van der Waals surface area contributed by atoms with E-state index in [0.717, 1.165) is 17.0 Å². The van der Waals surface area contributed by atoms with E-state index in [-0.39, 0.29) is 11.7 Å². The summed E-state index contributed by atoms with van der Waals surface area (Å²) in [4.78, 5) is 13.2. The van der Waals surface area contributed by atoms with Crippen LogP contribution in [0.25, 0.3) is 0 Å². The van der Waals surface area contributed by atoms with Gasteiger partial charge in [-0.15, -0.1) is 10.2 Å². The van der Waals surface area contributed by atoms with Crippen LogP contribution in [0.5, 0.6) is 0 Å². The van der Waals surface area contributed by atoms with Crippen molar-refractivity contribution >= 4 is 23.4 Å². The van der Waals surface area contributed by atoms with Gasteiger partial charge in [0.05, 0.1) is 6.54 Å². The first-order valence-corrected chi connectivity index (χ1v) is 10.7. The smallest absolute Gasteiger partial charge is 0.242 e. The Labute approximate surface area is 184 Å². The fraction of sp³-hybridized carbons (Fsp3) is 0.125. The fourth-order valence-corrected chi connectivity index (χ4v) is 4.23. The van der Waals surface area contributed by atoms with Gasteiger partial charge in [0.15, 0.2) is 5.16 Å². The molecule has 7 heteroatoms. The van der Waals surface area contributed by atoms with E-state index in [1.807, 2.05) is 72.2 Å². The lowest BCUT2D eigenvalue weighted by molar-refractivity contribution is -0.115. The van der Waals surface area contributed by atoms with Gasteiger partial charge in [-0.3, -0.25) is 4.79 Å². The van der Waals surface area contributed by atoms with Gasteiger partial charge in [-0.1, -0.05) is 72.4 Å². The van der Waals surface area contributed by atoms with Gasteiger partial charge in [-0.05, 0) is 42.3 Å². The molecule has 0 aliphatic heterocycles. The highest BCUT2D eigenvalue weighted by Gasteiger charge is 2.25. The van der Waals surface area contributed by atoms with Crippen LogP contribution in [0, 0.1) is 12.7 Å². The molecule has 1 N–H and O–H groups in total. The summed E-state index contributed by atoms with van der Waals surface area (Å²) in [6.07, 6.45) is 0. The summed E-state index contributed by atoms with van der Waals surface area (Å²) >= 11 is 1.34. The number of carbonyl (C=O) groups is 1. The van der Waals surface area contributed by atoms with Crippen molar-refractivity contribution < 1.29 is 9.18 Å². The molecular formula is C24H21FN4OS. The van der Waals surface area contributed by atoms with E-state index in [9.17, 15) is 9.18 Å². The maximum absolute atomic E-state index is 13.2. The van der Waals surface area contributed by atoms with Crippen LogP contribution >= 0.6 is 11.8 Å². The van der Waals surface area contributed by atoms with Crippen molar-refractivity contribution in [3.8, 4) is 0 Å². The van der Waals surface area contributed by atoms with Gasteiger partial charge in [0, 0.05) is 5.69 Å². The molecule has 31 heavy (non-hydrogen) atoms. The Morgan fingerprint density at radius 3 is 2.29 bits per heavy atom. The summed E-state index contributed by atoms with van der Waals surface area (Å²) in [6.45, 7) is 2.51. The lowest BCUT2D eigenvalue weighted by atomic mass is 10.1. The Balaban J connectivity index is 1.61. The number of thioether (sulfide) groups is 1. The third kappa shape index (κ3) is 5.19. The van der Waals surface area contributed by atoms with Crippen molar-refractivity contribution in [1.29, 1.82) is 0 Å². The molecule has 0 unspecified atom stereocenters. The summed E-state index contributed by atoms with van der Waals surface area (Å²) in [5.74, 6) is 0.211. The maximum Gasteiger partial charge on any atom is 0.242 e. The molecule has 0 saturated heterocycles. The number of anilines is 1. The normalized spacial score (nSPS) is 11.8. The predicted octanol–water partition coefficient (Wildman–Crippen LogP) is 5.25. The summed E-state index contributed by atoms with van der Waals surface area (Å²) in [5, 5.41) is 11.5. The minimum atomic E-state index is -0.552. The summed E-state index contributed by atoms with van der Waals surface area (Å²) in [5.41, 5.74) is 2.51. The molecule has 0 saturated carbocycles. The first-order valence-electron chi connectivity index (χ1n) is 9.82. The van der Waals surface area contributed by atoms with Crippen LogP contribution in [0.3, 0.4) is 0 Å². The molecule has 0 spiro atoms. The molecule has 3 aromatic carbocycles. The van der Waals surface area contributed by atoms with Crippen LogP contribution in [-0.2, 0) is 11.3 Å². The van der Waals surface area contributed by atoms with E-state index >= 15 is 0 Å². The quantitative estimate of drug-likeness (QED) is 0.406. The van der Waals surface area contributed by atoms with Crippen molar-refractivity contribution in [3.63, 3.8) is 0 Å². The number of amides is 1. The second-order valence-electron chi connectivity index (χ2n) is 7.01. The molecule has 4 rings (SSSR count). The summed E-state index contributed by atoms with van der Waals surface area (Å²) in [7, 11) is 0. The molecule has 1 heterocycles. The average molecular weight is 433 g/mol. The SMILES string of the molecule is Cc1nnc(S[C@@H](C(=O)Nc2ccc(F)cc2)c2ccccc2)n1Cc1ccccc1. The van der Waals surface area contributed by atoms with Gasteiger partial charge >= 0.3 is 0 Å². The highest BCUT2D eigenvalue weighted by atomic mass is 32.2. The molecule has 0 bridgehead atoms. The Morgan fingerprint density at radius 1 is 0.968 bits per heavy atom. The molecule has 4 aromatic rings. The van der Waals surface area contributed by atoms with Gasteiger partial charge in [0.1, 0.15) is 16.9 Å². The second kappa shape index (κ2) is 9.57. The molecule has 0 aliphatic rings. The van der Waals surface area contributed by atoms with Crippen LogP contribution in [0.15, 0.2) is 90.1 Å². The molecule has 1 atom stereocenters. The number of carbonyl (C=O) groups excluding carboxylic acids is 1. The van der Waals surface area contributed by atoms with E-state index in [4.69, 9.17) is 0 Å².